The lowest BCUT2D eigenvalue weighted by Gasteiger charge is -2.23. The maximum atomic E-state index is 12.6. The topological polar surface area (TPSA) is 59.8 Å². The second kappa shape index (κ2) is 6.07. The zero-order chi connectivity index (χ0) is 17.3. The van der Waals surface area contributed by atoms with Gasteiger partial charge in [0.05, 0.1) is 5.52 Å². The number of nitrogens with zero attached hydrogens (tertiary/aromatic N) is 3. The maximum absolute atomic E-state index is 12.6. The van der Waals surface area contributed by atoms with Crippen LogP contribution in [0.15, 0.2) is 42.5 Å². The predicted octanol–water partition coefficient (Wildman–Crippen LogP) is 4.00. The molecule has 1 N–H and O–H groups in total. The third kappa shape index (κ3) is 3.02. The number of hydrogen-bond donors (Lipinski definition) is 1. The Hall–Kier alpha value is -2.69. The van der Waals surface area contributed by atoms with E-state index < -0.39 is 0 Å². The van der Waals surface area contributed by atoms with E-state index in [4.69, 9.17) is 0 Å². The molecule has 2 aromatic carbocycles. The molecule has 0 unspecified atom stereocenters. The monoisotopic (exact) mass is 322 g/mol. The van der Waals surface area contributed by atoms with Crippen LogP contribution in [0.1, 0.15) is 43.6 Å². The molecule has 1 amide bonds. The number of para-hydroxylation sites is 1. The van der Waals surface area contributed by atoms with Crippen molar-refractivity contribution in [3.8, 4) is 0 Å². The lowest BCUT2D eigenvalue weighted by Crippen LogP contribution is -2.18. The first-order valence-electron chi connectivity index (χ1n) is 8.14. The molecule has 0 saturated carbocycles. The van der Waals surface area contributed by atoms with Gasteiger partial charge in [-0.25, -0.2) is 4.68 Å². The van der Waals surface area contributed by atoms with Gasteiger partial charge in [-0.1, -0.05) is 44.2 Å². The Kier molecular flexibility index (Phi) is 4.09. The Morgan fingerprint density at radius 1 is 1.17 bits per heavy atom. The molecule has 0 saturated heterocycles. The Balaban J connectivity index is 1.91. The highest BCUT2D eigenvalue weighted by molar-refractivity contribution is 6.06. The Morgan fingerprint density at radius 3 is 2.62 bits per heavy atom. The van der Waals surface area contributed by atoms with Gasteiger partial charge < -0.3 is 5.32 Å². The van der Waals surface area contributed by atoms with E-state index in [9.17, 15) is 4.79 Å². The molecule has 5 nitrogen and oxygen atoms in total. The van der Waals surface area contributed by atoms with Crippen molar-refractivity contribution < 1.29 is 4.79 Å². The van der Waals surface area contributed by atoms with Gasteiger partial charge in [-0.05, 0) is 42.2 Å². The third-order valence-electron chi connectivity index (χ3n) is 4.06. The van der Waals surface area contributed by atoms with Gasteiger partial charge in [0.25, 0.3) is 5.91 Å². The van der Waals surface area contributed by atoms with Crippen LogP contribution in [0.4, 0.5) is 5.69 Å². The van der Waals surface area contributed by atoms with Crippen LogP contribution in [0.25, 0.3) is 11.0 Å². The van der Waals surface area contributed by atoms with Crippen LogP contribution in [0.3, 0.4) is 0 Å². The number of amides is 1. The normalized spacial score (nSPS) is 11.7. The number of carbonyl (C=O) groups excluding carboxylic acids is 1. The minimum absolute atomic E-state index is 0.0440. The Bertz CT molecular complexity index is 890. The van der Waals surface area contributed by atoms with Crippen molar-refractivity contribution in [2.75, 3.05) is 5.32 Å². The van der Waals surface area contributed by atoms with E-state index in [0.29, 0.717) is 5.56 Å². The van der Waals surface area contributed by atoms with Crippen LogP contribution in [-0.2, 0) is 12.0 Å². The number of carbonyl (C=O) groups is 1. The Labute approximate surface area is 141 Å². The van der Waals surface area contributed by atoms with Crippen LogP contribution in [0, 0.1) is 0 Å². The Morgan fingerprint density at radius 2 is 1.92 bits per heavy atom. The standard InChI is InChI=1S/C19H22N4O/c1-5-23-17-11-10-13(12-16(17)21-22-23)18(24)20-15-9-7-6-8-14(15)19(2,3)4/h6-12H,5H2,1-4H3,(H,20,24). The molecule has 0 aliphatic rings. The molecule has 0 fully saturated rings. The largest absolute Gasteiger partial charge is 0.322 e. The zero-order valence-corrected chi connectivity index (χ0v) is 14.5. The number of aromatic nitrogens is 3. The summed E-state index contributed by atoms with van der Waals surface area (Å²) in [7, 11) is 0. The fourth-order valence-corrected chi connectivity index (χ4v) is 2.79. The van der Waals surface area contributed by atoms with E-state index in [1.54, 1.807) is 6.07 Å². The van der Waals surface area contributed by atoms with Crippen LogP contribution in [0.5, 0.6) is 0 Å². The van der Waals surface area contributed by atoms with Crippen LogP contribution < -0.4 is 5.32 Å². The highest BCUT2D eigenvalue weighted by atomic mass is 16.1. The molecule has 0 aliphatic heterocycles. The summed E-state index contributed by atoms with van der Waals surface area (Å²) in [6, 6.07) is 13.4. The predicted molar refractivity (Wildman–Crippen MR) is 96.3 cm³/mol. The maximum Gasteiger partial charge on any atom is 0.255 e. The quantitative estimate of drug-likeness (QED) is 0.793. The summed E-state index contributed by atoms with van der Waals surface area (Å²) in [5, 5.41) is 11.2. The summed E-state index contributed by atoms with van der Waals surface area (Å²) in [5.41, 5.74) is 4.15. The molecular formula is C19H22N4O. The summed E-state index contributed by atoms with van der Waals surface area (Å²) >= 11 is 0. The number of anilines is 1. The average Bonchev–Trinajstić information content (AvgIpc) is 2.96. The van der Waals surface area contributed by atoms with Crippen molar-refractivity contribution in [3.05, 3.63) is 53.6 Å². The lowest BCUT2D eigenvalue weighted by atomic mass is 9.86. The van der Waals surface area contributed by atoms with Gasteiger partial charge in [-0.15, -0.1) is 5.10 Å². The van der Waals surface area contributed by atoms with Crippen molar-refractivity contribution in [2.24, 2.45) is 0 Å². The van der Waals surface area contributed by atoms with E-state index in [0.717, 1.165) is 28.8 Å². The molecule has 124 valence electrons. The van der Waals surface area contributed by atoms with Crippen LogP contribution in [-0.4, -0.2) is 20.9 Å². The molecule has 0 spiro atoms. The summed E-state index contributed by atoms with van der Waals surface area (Å²) in [6.07, 6.45) is 0. The van der Waals surface area contributed by atoms with Gasteiger partial charge in [0, 0.05) is 17.8 Å². The van der Waals surface area contributed by atoms with E-state index in [-0.39, 0.29) is 11.3 Å². The van der Waals surface area contributed by atoms with Crippen LogP contribution in [0.2, 0.25) is 0 Å². The van der Waals surface area contributed by atoms with Gasteiger partial charge in [-0.2, -0.15) is 0 Å². The van der Waals surface area contributed by atoms with Crippen molar-refractivity contribution in [1.29, 1.82) is 0 Å². The molecule has 24 heavy (non-hydrogen) atoms. The van der Waals surface area contributed by atoms with E-state index in [2.05, 4.69) is 36.4 Å². The highest BCUT2D eigenvalue weighted by Crippen LogP contribution is 2.29. The fraction of sp³-hybridized carbons (Fsp3) is 0.316. The molecule has 5 heteroatoms. The summed E-state index contributed by atoms with van der Waals surface area (Å²) in [4.78, 5) is 12.6. The molecule has 0 bridgehead atoms. The number of nitrogens with one attached hydrogen (secondary N) is 1. The second-order valence-electron chi connectivity index (χ2n) is 6.86. The first-order valence-corrected chi connectivity index (χ1v) is 8.14. The molecule has 3 aromatic rings. The minimum atomic E-state index is -0.139. The van der Waals surface area contributed by atoms with Crippen molar-refractivity contribution in [2.45, 2.75) is 39.7 Å². The summed E-state index contributed by atoms with van der Waals surface area (Å²) in [6.45, 7) is 9.16. The molecule has 1 aromatic heterocycles. The van der Waals surface area contributed by atoms with Gasteiger partial charge >= 0.3 is 0 Å². The van der Waals surface area contributed by atoms with Gasteiger partial charge in [-0.3, -0.25) is 4.79 Å². The number of benzene rings is 2. The molecule has 0 radical (unpaired) electrons. The third-order valence-corrected chi connectivity index (χ3v) is 4.06. The van der Waals surface area contributed by atoms with Crippen LogP contribution >= 0.6 is 0 Å². The number of rotatable bonds is 3. The van der Waals surface area contributed by atoms with Crippen molar-refractivity contribution in [1.82, 2.24) is 15.0 Å². The zero-order valence-electron chi connectivity index (χ0n) is 14.5. The van der Waals surface area contributed by atoms with E-state index >= 15 is 0 Å². The smallest absolute Gasteiger partial charge is 0.255 e. The van der Waals surface area contributed by atoms with Gasteiger partial charge in [0.15, 0.2) is 0 Å². The van der Waals surface area contributed by atoms with Crippen molar-refractivity contribution >= 4 is 22.6 Å². The first-order chi connectivity index (χ1) is 11.4. The molecule has 1 heterocycles. The fourth-order valence-electron chi connectivity index (χ4n) is 2.79. The summed E-state index contributed by atoms with van der Waals surface area (Å²) in [5.74, 6) is -0.139. The minimum Gasteiger partial charge on any atom is -0.322 e. The molecule has 0 atom stereocenters. The molecule has 0 aliphatic carbocycles. The first kappa shape index (κ1) is 16.2. The summed E-state index contributed by atoms with van der Waals surface area (Å²) < 4.78 is 1.81. The number of fused-ring (bicyclic) bond motifs is 1. The van der Waals surface area contributed by atoms with Crippen molar-refractivity contribution in [3.63, 3.8) is 0 Å². The van der Waals surface area contributed by atoms with Gasteiger partial charge in [0.2, 0.25) is 0 Å². The highest BCUT2D eigenvalue weighted by Gasteiger charge is 2.19. The molecular weight excluding hydrogens is 300 g/mol. The lowest BCUT2D eigenvalue weighted by molar-refractivity contribution is 0.102. The SMILES string of the molecule is CCn1nnc2cc(C(=O)Nc3ccccc3C(C)(C)C)ccc21. The average molecular weight is 322 g/mol. The van der Waals surface area contributed by atoms with Gasteiger partial charge in [0.1, 0.15) is 5.52 Å². The number of aryl methyl sites for hydroxylation is 1. The second-order valence-corrected chi connectivity index (χ2v) is 6.86. The van der Waals surface area contributed by atoms with E-state index in [1.165, 1.54) is 0 Å². The van der Waals surface area contributed by atoms with E-state index in [1.807, 2.05) is 48.0 Å². The molecule has 3 rings (SSSR count). The number of hydrogen-bond acceptors (Lipinski definition) is 3.